The van der Waals surface area contributed by atoms with Gasteiger partial charge in [-0.3, -0.25) is 20.4 Å². The normalized spacial score (nSPS) is 10.3. The van der Waals surface area contributed by atoms with Crippen LogP contribution in [0.25, 0.3) is 0 Å². The van der Waals surface area contributed by atoms with Gasteiger partial charge in [0, 0.05) is 4.47 Å². The van der Waals surface area contributed by atoms with Crippen LogP contribution in [0.1, 0.15) is 30.5 Å². The van der Waals surface area contributed by atoms with E-state index in [1.54, 1.807) is 18.2 Å². The van der Waals surface area contributed by atoms with Gasteiger partial charge in [-0.2, -0.15) is 0 Å². The highest BCUT2D eigenvalue weighted by Gasteiger charge is 2.14. The van der Waals surface area contributed by atoms with Crippen LogP contribution in [0.15, 0.2) is 34.8 Å². The first kappa shape index (κ1) is 23.5. The number of amides is 2. The Kier molecular flexibility index (Phi) is 8.98. The third-order valence-electron chi connectivity index (χ3n) is 4.25. The molecule has 0 radical (unpaired) electrons. The molecule has 0 atom stereocenters. The first-order chi connectivity index (χ1) is 14.3. The summed E-state index contributed by atoms with van der Waals surface area (Å²) in [5.41, 5.74) is 7.68. The molecule has 2 amide bonds. The molecule has 2 N–H and O–H groups in total. The van der Waals surface area contributed by atoms with Crippen molar-refractivity contribution in [2.24, 2.45) is 0 Å². The topological polar surface area (TPSA) is 85.9 Å². The van der Waals surface area contributed by atoms with Gasteiger partial charge in [-0.25, -0.2) is 0 Å². The van der Waals surface area contributed by atoms with E-state index in [1.165, 1.54) is 0 Å². The van der Waals surface area contributed by atoms with Crippen LogP contribution in [0.5, 0.6) is 17.2 Å². The summed E-state index contributed by atoms with van der Waals surface area (Å²) in [6.07, 6.45) is 0.0470. The minimum Gasteiger partial charge on any atom is -0.490 e. The van der Waals surface area contributed by atoms with Crippen LogP contribution in [-0.2, 0) is 16.0 Å². The van der Waals surface area contributed by atoms with Crippen LogP contribution < -0.4 is 25.1 Å². The Balaban J connectivity index is 1.88. The zero-order valence-corrected chi connectivity index (χ0v) is 19.2. The van der Waals surface area contributed by atoms with Gasteiger partial charge in [0.25, 0.3) is 5.91 Å². The predicted octanol–water partition coefficient (Wildman–Crippen LogP) is 3.63. The molecule has 0 heterocycles. The molecule has 0 unspecified atom stereocenters. The van der Waals surface area contributed by atoms with Gasteiger partial charge in [-0.05, 0) is 68.7 Å². The molecule has 7 nitrogen and oxygen atoms in total. The van der Waals surface area contributed by atoms with Crippen molar-refractivity contribution in [2.75, 3.05) is 19.8 Å². The number of nitrogens with one attached hydrogen (secondary N) is 2. The molecule has 2 rings (SSSR count). The second-order valence-corrected chi connectivity index (χ2v) is 7.42. The van der Waals surface area contributed by atoms with Crippen LogP contribution in [0.2, 0.25) is 0 Å². The van der Waals surface area contributed by atoms with Crippen molar-refractivity contribution in [3.63, 3.8) is 0 Å². The lowest BCUT2D eigenvalue weighted by molar-refractivity contribution is -0.129. The van der Waals surface area contributed by atoms with E-state index in [4.69, 9.17) is 14.2 Å². The lowest BCUT2D eigenvalue weighted by Crippen LogP contribution is -2.44. The average Bonchev–Trinajstić information content (AvgIpc) is 2.71. The average molecular weight is 479 g/mol. The van der Waals surface area contributed by atoms with E-state index >= 15 is 0 Å². The second-order valence-electron chi connectivity index (χ2n) is 6.56. The lowest BCUT2D eigenvalue weighted by atomic mass is 10.1. The fourth-order valence-electron chi connectivity index (χ4n) is 2.59. The fraction of sp³-hybridized carbons (Fsp3) is 0.364. The third-order valence-corrected chi connectivity index (χ3v) is 4.99. The monoisotopic (exact) mass is 478 g/mol. The molecule has 2 aromatic carbocycles. The summed E-state index contributed by atoms with van der Waals surface area (Å²) in [5, 5.41) is 0. The molecule has 8 heteroatoms. The van der Waals surface area contributed by atoms with Gasteiger partial charge in [0.15, 0.2) is 18.1 Å². The van der Waals surface area contributed by atoms with Crippen LogP contribution >= 0.6 is 15.9 Å². The number of hydrogen-bond acceptors (Lipinski definition) is 5. The number of carbonyl (C=O) groups is 2. The van der Waals surface area contributed by atoms with Crippen molar-refractivity contribution in [1.82, 2.24) is 10.9 Å². The molecule has 0 saturated heterocycles. The fourth-order valence-corrected chi connectivity index (χ4v) is 3.06. The SMILES string of the molecule is CCOc1cc(Br)c(CC(=O)NNC(=O)COc2ccc(C)c(C)c2)cc1OCC. The first-order valence-corrected chi connectivity index (χ1v) is 10.5. The standard InChI is InChI=1S/C22H27BrN2O5/c1-5-28-19-10-16(18(23)12-20(19)29-6-2)11-21(26)24-25-22(27)13-30-17-8-7-14(3)15(4)9-17/h7-10,12H,5-6,11,13H2,1-4H3,(H,24,26)(H,25,27). The van der Waals surface area contributed by atoms with Gasteiger partial charge in [0.05, 0.1) is 19.6 Å². The van der Waals surface area contributed by atoms with Crippen molar-refractivity contribution >= 4 is 27.7 Å². The van der Waals surface area contributed by atoms with Crippen LogP contribution in [0, 0.1) is 13.8 Å². The van der Waals surface area contributed by atoms with Gasteiger partial charge in [0.1, 0.15) is 5.75 Å². The lowest BCUT2D eigenvalue weighted by Gasteiger charge is -2.14. The maximum Gasteiger partial charge on any atom is 0.276 e. The number of rotatable bonds is 9. The predicted molar refractivity (Wildman–Crippen MR) is 118 cm³/mol. The minimum atomic E-state index is -0.456. The zero-order chi connectivity index (χ0) is 22.1. The van der Waals surface area contributed by atoms with E-state index in [9.17, 15) is 9.59 Å². The van der Waals surface area contributed by atoms with Gasteiger partial charge in [-0.1, -0.05) is 22.0 Å². The van der Waals surface area contributed by atoms with Gasteiger partial charge < -0.3 is 14.2 Å². The highest BCUT2D eigenvalue weighted by molar-refractivity contribution is 9.10. The summed E-state index contributed by atoms with van der Waals surface area (Å²) in [4.78, 5) is 24.2. The van der Waals surface area contributed by atoms with E-state index in [-0.39, 0.29) is 18.9 Å². The van der Waals surface area contributed by atoms with Crippen molar-refractivity contribution < 1.29 is 23.8 Å². The Bertz CT molecular complexity index is 901. The molecule has 30 heavy (non-hydrogen) atoms. The third kappa shape index (κ3) is 6.95. The zero-order valence-electron chi connectivity index (χ0n) is 17.6. The first-order valence-electron chi connectivity index (χ1n) is 9.69. The maximum atomic E-state index is 12.2. The van der Waals surface area contributed by atoms with Crippen molar-refractivity contribution in [1.29, 1.82) is 0 Å². The van der Waals surface area contributed by atoms with Crippen LogP contribution in [0.3, 0.4) is 0 Å². The maximum absolute atomic E-state index is 12.2. The van der Waals surface area contributed by atoms with E-state index in [0.717, 1.165) is 11.1 Å². The Hall–Kier alpha value is -2.74. The summed E-state index contributed by atoms with van der Waals surface area (Å²) in [6.45, 7) is 8.51. The Labute approximate surface area is 185 Å². The van der Waals surface area contributed by atoms with E-state index < -0.39 is 5.91 Å². The number of carbonyl (C=O) groups excluding carboxylic acids is 2. The van der Waals surface area contributed by atoms with Crippen molar-refractivity contribution in [3.05, 3.63) is 51.5 Å². The summed E-state index contributed by atoms with van der Waals surface area (Å²) in [5.74, 6) is 0.939. The van der Waals surface area contributed by atoms with E-state index in [2.05, 4.69) is 26.8 Å². The summed E-state index contributed by atoms with van der Waals surface area (Å²) < 4.78 is 17.3. The van der Waals surface area contributed by atoms with Crippen LogP contribution in [-0.4, -0.2) is 31.6 Å². The summed E-state index contributed by atoms with van der Waals surface area (Å²) in [6, 6.07) is 9.11. The number of ether oxygens (including phenoxy) is 3. The Morgan fingerprint density at radius 1 is 0.867 bits per heavy atom. The number of hydrazine groups is 1. The molecule has 0 spiro atoms. The molecule has 0 aromatic heterocycles. The van der Waals surface area contributed by atoms with E-state index in [0.29, 0.717) is 40.5 Å². The van der Waals surface area contributed by atoms with Crippen LogP contribution in [0.4, 0.5) is 0 Å². The summed E-state index contributed by atoms with van der Waals surface area (Å²) in [7, 11) is 0. The molecule has 0 aliphatic rings. The molecule has 0 aliphatic heterocycles. The van der Waals surface area contributed by atoms with Crippen molar-refractivity contribution in [3.8, 4) is 17.2 Å². The Morgan fingerprint density at radius 3 is 2.13 bits per heavy atom. The molecule has 0 fully saturated rings. The molecule has 0 bridgehead atoms. The molecular formula is C22H27BrN2O5. The smallest absolute Gasteiger partial charge is 0.276 e. The largest absolute Gasteiger partial charge is 0.490 e. The number of aryl methyl sites for hydroxylation is 2. The number of benzene rings is 2. The summed E-state index contributed by atoms with van der Waals surface area (Å²) >= 11 is 3.45. The highest BCUT2D eigenvalue weighted by Crippen LogP contribution is 2.34. The Morgan fingerprint density at radius 2 is 1.50 bits per heavy atom. The molecule has 162 valence electrons. The molecule has 0 saturated carbocycles. The highest BCUT2D eigenvalue weighted by atomic mass is 79.9. The van der Waals surface area contributed by atoms with E-state index in [1.807, 2.05) is 39.8 Å². The number of hydrogen-bond donors (Lipinski definition) is 2. The second kappa shape index (κ2) is 11.4. The minimum absolute atomic E-state index is 0.0470. The van der Waals surface area contributed by atoms with Gasteiger partial charge >= 0.3 is 0 Å². The van der Waals surface area contributed by atoms with Gasteiger partial charge in [-0.15, -0.1) is 0 Å². The molecule has 2 aromatic rings. The molecule has 0 aliphatic carbocycles. The van der Waals surface area contributed by atoms with Crippen molar-refractivity contribution in [2.45, 2.75) is 34.1 Å². The quantitative estimate of drug-likeness (QED) is 0.537. The molecular weight excluding hydrogens is 452 g/mol. The number of halogens is 1. The van der Waals surface area contributed by atoms with Gasteiger partial charge in [0.2, 0.25) is 5.91 Å².